The number of rotatable bonds is 9. The second kappa shape index (κ2) is 10.2. The minimum Gasteiger partial charge on any atom is -0.497 e. The number of hydrogen-bond acceptors (Lipinski definition) is 9. The van der Waals surface area contributed by atoms with Crippen LogP contribution >= 0.6 is 34.9 Å². The Labute approximate surface area is 179 Å². The van der Waals surface area contributed by atoms with Gasteiger partial charge in [0.05, 0.1) is 17.8 Å². The zero-order valence-electron chi connectivity index (χ0n) is 15.2. The summed E-state index contributed by atoms with van der Waals surface area (Å²) in [5, 5.41) is 21.6. The number of carbonyl (C=O) groups excluding carboxylic acids is 1. The molecule has 150 valence electrons. The van der Waals surface area contributed by atoms with Crippen LogP contribution in [0.3, 0.4) is 0 Å². The van der Waals surface area contributed by atoms with Crippen LogP contribution in [0.25, 0.3) is 0 Å². The average molecular weight is 449 g/mol. The van der Waals surface area contributed by atoms with E-state index in [1.54, 1.807) is 18.9 Å². The number of nitrogens with zero attached hydrogens (tertiary/aromatic N) is 3. The molecular weight excluding hydrogens is 432 g/mol. The van der Waals surface area contributed by atoms with Gasteiger partial charge in [0, 0.05) is 23.6 Å². The quantitative estimate of drug-likeness (QED) is 0.290. The fourth-order valence-corrected chi connectivity index (χ4v) is 4.95. The number of methoxy groups -OCH3 is 1. The van der Waals surface area contributed by atoms with Crippen molar-refractivity contribution in [3.8, 4) is 5.75 Å². The van der Waals surface area contributed by atoms with E-state index in [4.69, 9.17) is 4.74 Å². The number of non-ortho nitro benzene ring substituents is 1. The number of nitro groups is 1. The fourth-order valence-electron chi connectivity index (χ4n) is 2.17. The van der Waals surface area contributed by atoms with Crippen LogP contribution < -0.4 is 10.1 Å². The maximum atomic E-state index is 12.0. The van der Waals surface area contributed by atoms with E-state index in [0.717, 1.165) is 21.4 Å². The van der Waals surface area contributed by atoms with Gasteiger partial charge in [0.2, 0.25) is 5.91 Å². The number of aromatic nitrogens is 2. The number of nitrogens with one attached hydrogen (secondary N) is 1. The first-order valence-corrected chi connectivity index (χ1v) is 11.1. The van der Waals surface area contributed by atoms with Crippen molar-refractivity contribution in [1.29, 1.82) is 0 Å². The van der Waals surface area contributed by atoms with Gasteiger partial charge in [-0.25, -0.2) is 0 Å². The molecule has 1 N–H and O–H groups in total. The average Bonchev–Trinajstić information content (AvgIpc) is 3.19. The van der Waals surface area contributed by atoms with E-state index in [0.29, 0.717) is 10.0 Å². The predicted molar refractivity (Wildman–Crippen MR) is 115 cm³/mol. The molecule has 3 aromatic rings. The van der Waals surface area contributed by atoms with Crippen molar-refractivity contribution in [3.63, 3.8) is 0 Å². The summed E-state index contributed by atoms with van der Waals surface area (Å²) in [5.41, 5.74) is 1.64. The van der Waals surface area contributed by atoms with Gasteiger partial charge in [-0.15, -0.1) is 10.2 Å². The van der Waals surface area contributed by atoms with Gasteiger partial charge in [-0.05, 0) is 29.8 Å². The normalized spacial score (nSPS) is 10.5. The molecule has 0 saturated heterocycles. The van der Waals surface area contributed by atoms with E-state index in [2.05, 4.69) is 15.5 Å². The Hall–Kier alpha value is -2.63. The van der Waals surface area contributed by atoms with Gasteiger partial charge in [-0.1, -0.05) is 47.0 Å². The lowest BCUT2D eigenvalue weighted by Gasteiger charge is -2.03. The molecule has 8 nitrogen and oxygen atoms in total. The number of carbonyl (C=O) groups is 1. The minimum absolute atomic E-state index is 0.0223. The minimum atomic E-state index is -0.485. The van der Waals surface area contributed by atoms with Crippen LogP contribution in [-0.2, 0) is 10.5 Å². The second-order valence-corrected chi connectivity index (χ2v) is 9.03. The molecular formula is C18H16N4O4S3. The van der Waals surface area contributed by atoms with Crippen LogP contribution in [0, 0.1) is 10.1 Å². The molecule has 29 heavy (non-hydrogen) atoms. The lowest BCUT2D eigenvalue weighted by Crippen LogP contribution is -2.13. The van der Waals surface area contributed by atoms with E-state index in [1.807, 2.05) is 24.3 Å². The van der Waals surface area contributed by atoms with Crippen molar-refractivity contribution in [2.24, 2.45) is 0 Å². The van der Waals surface area contributed by atoms with Gasteiger partial charge >= 0.3 is 0 Å². The molecule has 0 saturated carbocycles. The first kappa shape index (κ1) is 21.1. The first-order valence-electron chi connectivity index (χ1n) is 8.30. The van der Waals surface area contributed by atoms with E-state index in [-0.39, 0.29) is 17.3 Å². The van der Waals surface area contributed by atoms with Gasteiger partial charge in [0.15, 0.2) is 8.68 Å². The first-order chi connectivity index (χ1) is 14.0. The standard InChI is InChI=1S/C18H16N4O4S3/c1-26-15-8-2-12(3-9-15)10-27-17-20-21-18(29-17)28-11-16(23)19-13-4-6-14(7-5-13)22(24)25/h2-9H,10-11H2,1H3,(H,19,23). The number of benzene rings is 2. The van der Waals surface area contributed by atoms with Gasteiger partial charge in [0.1, 0.15) is 5.75 Å². The Kier molecular flexibility index (Phi) is 7.44. The lowest BCUT2D eigenvalue weighted by molar-refractivity contribution is -0.384. The number of amides is 1. The molecule has 2 aromatic carbocycles. The summed E-state index contributed by atoms with van der Waals surface area (Å²) >= 11 is 4.32. The molecule has 0 bridgehead atoms. The molecule has 0 spiro atoms. The Morgan fingerprint density at radius 2 is 1.76 bits per heavy atom. The summed E-state index contributed by atoms with van der Waals surface area (Å²) in [5.74, 6) is 1.55. The Balaban J connectivity index is 1.44. The molecule has 0 aliphatic heterocycles. The van der Waals surface area contributed by atoms with Crippen LogP contribution in [0.1, 0.15) is 5.56 Å². The number of thioether (sulfide) groups is 2. The number of anilines is 1. The summed E-state index contributed by atoms with van der Waals surface area (Å²) in [4.78, 5) is 22.2. The highest BCUT2D eigenvalue weighted by atomic mass is 32.2. The number of ether oxygens (including phenoxy) is 1. The molecule has 0 aliphatic rings. The summed E-state index contributed by atoms with van der Waals surface area (Å²) in [6.07, 6.45) is 0. The second-order valence-electron chi connectivity index (χ2n) is 5.61. The van der Waals surface area contributed by atoms with Crippen molar-refractivity contribution in [1.82, 2.24) is 10.2 Å². The molecule has 0 aliphatic carbocycles. The van der Waals surface area contributed by atoms with Gasteiger partial charge in [-0.3, -0.25) is 14.9 Å². The largest absolute Gasteiger partial charge is 0.497 e. The Morgan fingerprint density at radius 3 is 2.38 bits per heavy atom. The highest BCUT2D eigenvalue weighted by Crippen LogP contribution is 2.31. The molecule has 1 aromatic heterocycles. The van der Waals surface area contributed by atoms with E-state index in [1.165, 1.54) is 47.4 Å². The number of hydrogen-bond donors (Lipinski definition) is 1. The molecule has 3 rings (SSSR count). The maximum Gasteiger partial charge on any atom is 0.269 e. The molecule has 1 heterocycles. The zero-order valence-corrected chi connectivity index (χ0v) is 17.7. The third kappa shape index (κ3) is 6.44. The van der Waals surface area contributed by atoms with E-state index >= 15 is 0 Å². The zero-order chi connectivity index (χ0) is 20.6. The van der Waals surface area contributed by atoms with Crippen molar-refractivity contribution in [3.05, 3.63) is 64.2 Å². The fraction of sp³-hybridized carbons (Fsp3) is 0.167. The third-order valence-corrected chi connectivity index (χ3v) is 6.86. The SMILES string of the molecule is COc1ccc(CSc2nnc(SCC(=O)Nc3ccc([N+](=O)[O-])cc3)s2)cc1. The van der Waals surface area contributed by atoms with Crippen LogP contribution in [0.5, 0.6) is 5.75 Å². The smallest absolute Gasteiger partial charge is 0.269 e. The topological polar surface area (TPSA) is 107 Å². The Bertz CT molecular complexity index is 978. The third-order valence-electron chi connectivity index (χ3n) is 3.60. The maximum absolute atomic E-state index is 12.0. The van der Waals surface area contributed by atoms with Crippen LogP contribution in [0.2, 0.25) is 0 Å². The van der Waals surface area contributed by atoms with Gasteiger partial charge in [-0.2, -0.15) is 0 Å². The van der Waals surface area contributed by atoms with Crippen LogP contribution in [-0.4, -0.2) is 33.9 Å². The molecule has 0 radical (unpaired) electrons. The van der Waals surface area contributed by atoms with Gasteiger partial charge < -0.3 is 10.1 Å². The van der Waals surface area contributed by atoms with Crippen molar-refractivity contribution in [2.45, 2.75) is 14.4 Å². The molecule has 0 fully saturated rings. The summed E-state index contributed by atoms with van der Waals surface area (Å²) in [6.45, 7) is 0. The van der Waals surface area contributed by atoms with E-state index < -0.39 is 4.92 Å². The number of nitro benzene ring substituents is 1. The van der Waals surface area contributed by atoms with Crippen molar-refractivity contribution >= 4 is 52.1 Å². The van der Waals surface area contributed by atoms with Crippen molar-refractivity contribution < 1.29 is 14.5 Å². The molecule has 11 heteroatoms. The molecule has 1 amide bonds. The summed E-state index contributed by atoms with van der Waals surface area (Å²) < 4.78 is 6.69. The summed E-state index contributed by atoms with van der Waals surface area (Å²) in [6, 6.07) is 13.5. The molecule has 0 unspecified atom stereocenters. The van der Waals surface area contributed by atoms with Crippen LogP contribution in [0.4, 0.5) is 11.4 Å². The highest BCUT2D eigenvalue weighted by molar-refractivity contribution is 8.03. The van der Waals surface area contributed by atoms with Crippen molar-refractivity contribution in [2.75, 3.05) is 18.2 Å². The van der Waals surface area contributed by atoms with E-state index in [9.17, 15) is 14.9 Å². The monoisotopic (exact) mass is 448 g/mol. The Morgan fingerprint density at radius 1 is 1.10 bits per heavy atom. The van der Waals surface area contributed by atoms with Crippen LogP contribution in [0.15, 0.2) is 57.2 Å². The van der Waals surface area contributed by atoms with Gasteiger partial charge in [0.25, 0.3) is 5.69 Å². The predicted octanol–water partition coefficient (Wildman–Crippen LogP) is 4.48. The molecule has 0 atom stereocenters. The summed E-state index contributed by atoms with van der Waals surface area (Å²) in [7, 11) is 1.64. The lowest BCUT2D eigenvalue weighted by atomic mass is 10.2. The highest BCUT2D eigenvalue weighted by Gasteiger charge is 2.10.